The van der Waals surface area contributed by atoms with Crippen LogP contribution in [0.15, 0.2) is 174 Å². The third-order valence-electron chi connectivity index (χ3n) is 18.1. The Balaban J connectivity index is 0.0000132. The maximum atomic E-state index is 6.89. The number of hydrogen-bond acceptors (Lipinski definition) is 5. The maximum absolute atomic E-state index is 6.89. The van der Waals surface area contributed by atoms with Crippen molar-refractivity contribution in [1.82, 2.24) is 4.98 Å². The molecule has 0 spiro atoms. The molecule has 0 amide bonds. The first-order valence-corrected chi connectivity index (χ1v) is 36.4. The summed E-state index contributed by atoms with van der Waals surface area (Å²) in [6.45, 7) is 10.1. The van der Waals surface area contributed by atoms with Crippen LogP contribution in [0, 0.1) is 0 Å². The fourth-order valence-corrected chi connectivity index (χ4v) is 12.7. The summed E-state index contributed by atoms with van der Waals surface area (Å²) in [6, 6.07) is 57.5. The van der Waals surface area contributed by atoms with Gasteiger partial charge in [-0.2, -0.15) is 0 Å². The minimum absolute atomic E-state index is 0. The van der Waals surface area contributed by atoms with Crippen molar-refractivity contribution >= 4 is 22.8 Å². The van der Waals surface area contributed by atoms with Crippen molar-refractivity contribution in [3.8, 4) is 56.0 Å². The largest absolute Gasteiger partial charge is 0.492 e. The molecular weight excluding hydrogens is 1150 g/mol. The molecule has 7 rings (SSSR count). The SMILES string of the molecule is CCCCCCCCCCCCCCCCCCCCOc1c(-c2ccccc2)cc(N=C(C)c2cccc(C(C)=Nc3cc(-c4ccccc4)c(OCCCCCCCCCCCCCCCCCCCC)c(-c4ccccc4)c3)n2)cc1-c1ccccc1.[Co]. The molecular formula is C85H115CoN3O2. The molecule has 1 aromatic heterocycles. The summed E-state index contributed by atoms with van der Waals surface area (Å²) in [4.78, 5) is 15.9. The van der Waals surface area contributed by atoms with Gasteiger partial charge in [-0.15, -0.1) is 0 Å². The van der Waals surface area contributed by atoms with E-state index in [0.29, 0.717) is 13.2 Å². The van der Waals surface area contributed by atoms with Crippen molar-refractivity contribution in [3.63, 3.8) is 0 Å². The third-order valence-corrected chi connectivity index (χ3v) is 18.1. The number of benzene rings is 6. The first kappa shape index (κ1) is 74.0. The van der Waals surface area contributed by atoms with Gasteiger partial charge in [-0.1, -0.05) is 360 Å². The standard InChI is InChI=1S/C85H115N3O2.Co/c1-5-7-9-11-13-15-17-19-21-23-25-27-29-31-33-35-37-51-64-89-84-78(72-54-43-39-44-55-72)66-76(67-79(84)73-56-45-40-46-57-73)86-70(3)82-62-53-63-83(88-82)71(4)87-77-68-80(74-58-47-41-48-59-74)85(81(69-77)75-60-49-42-50-61-75)90-65-52-38-36-34-32-30-28-26-24-22-20-18-16-14-12-10-8-6-2;/h39-50,53-63,66-69H,5-38,51-52,64-65H2,1-4H3;. The number of pyridine rings is 1. The number of nitrogens with zero attached hydrogens (tertiary/aromatic N) is 3. The van der Waals surface area contributed by atoms with Gasteiger partial charge in [0.15, 0.2) is 0 Å². The first-order valence-electron chi connectivity index (χ1n) is 36.4. The van der Waals surface area contributed by atoms with Crippen molar-refractivity contribution in [2.45, 2.75) is 259 Å². The van der Waals surface area contributed by atoms with Crippen LogP contribution in [-0.4, -0.2) is 29.6 Å². The molecule has 7 aromatic rings. The van der Waals surface area contributed by atoms with Crippen LogP contribution in [0.2, 0.25) is 0 Å². The number of rotatable bonds is 48. The molecule has 0 bridgehead atoms. The Hall–Kier alpha value is -6.08. The number of unbranched alkanes of at least 4 members (excludes halogenated alkanes) is 34. The van der Waals surface area contributed by atoms with Gasteiger partial charge >= 0.3 is 0 Å². The third kappa shape index (κ3) is 28.0. The minimum atomic E-state index is 0. The number of aliphatic imine (C=N–C) groups is 2. The second-order valence-corrected chi connectivity index (χ2v) is 25.7. The van der Waals surface area contributed by atoms with E-state index in [1.807, 2.05) is 0 Å². The monoisotopic (exact) mass is 1270 g/mol. The average molecular weight is 1270 g/mol. The number of ether oxygens (including phenoxy) is 2. The Morgan fingerprint density at radius 2 is 0.505 bits per heavy atom. The minimum Gasteiger partial charge on any atom is -0.492 e. The summed E-state index contributed by atoms with van der Waals surface area (Å²) in [5.41, 5.74) is 13.6. The topological polar surface area (TPSA) is 56.1 Å². The summed E-state index contributed by atoms with van der Waals surface area (Å²) in [7, 11) is 0. The van der Waals surface area contributed by atoms with Gasteiger partial charge in [-0.3, -0.25) is 9.98 Å². The zero-order chi connectivity index (χ0) is 62.7. The van der Waals surface area contributed by atoms with E-state index in [-0.39, 0.29) is 16.8 Å². The zero-order valence-electron chi connectivity index (χ0n) is 56.9. The summed E-state index contributed by atoms with van der Waals surface area (Å²) in [6.07, 6.45) is 49.0. The molecule has 491 valence electrons. The van der Waals surface area contributed by atoms with Crippen LogP contribution in [0.3, 0.4) is 0 Å². The van der Waals surface area contributed by atoms with E-state index < -0.39 is 0 Å². The van der Waals surface area contributed by atoms with Crippen molar-refractivity contribution in [3.05, 3.63) is 175 Å². The molecule has 0 fully saturated rings. The molecule has 0 atom stereocenters. The quantitative estimate of drug-likeness (QED) is 0.0282. The van der Waals surface area contributed by atoms with Crippen LogP contribution in [0.4, 0.5) is 11.4 Å². The Morgan fingerprint density at radius 1 is 0.286 bits per heavy atom. The maximum Gasteiger partial charge on any atom is 0.135 e. The molecule has 0 aliphatic rings. The van der Waals surface area contributed by atoms with Gasteiger partial charge < -0.3 is 9.47 Å². The van der Waals surface area contributed by atoms with Gasteiger partial charge in [0.2, 0.25) is 0 Å². The molecule has 6 aromatic carbocycles. The van der Waals surface area contributed by atoms with Gasteiger partial charge in [-0.05, 0) is 85.3 Å². The van der Waals surface area contributed by atoms with Crippen molar-refractivity contribution in [2.75, 3.05) is 13.2 Å². The van der Waals surface area contributed by atoms with Gasteiger partial charge in [0.05, 0.1) is 47.4 Å². The summed E-state index contributed by atoms with van der Waals surface area (Å²) >= 11 is 0. The van der Waals surface area contributed by atoms with E-state index in [4.69, 9.17) is 24.4 Å². The van der Waals surface area contributed by atoms with Gasteiger partial charge in [0.25, 0.3) is 0 Å². The molecule has 5 nitrogen and oxygen atoms in total. The molecule has 1 heterocycles. The Kier molecular flexibility index (Phi) is 37.4. The molecule has 0 aliphatic carbocycles. The zero-order valence-corrected chi connectivity index (χ0v) is 58.0. The molecule has 0 unspecified atom stereocenters. The van der Waals surface area contributed by atoms with Crippen molar-refractivity contribution in [2.24, 2.45) is 9.98 Å². The predicted molar refractivity (Wildman–Crippen MR) is 391 cm³/mol. The number of hydrogen-bond donors (Lipinski definition) is 0. The Labute approximate surface area is 563 Å². The van der Waals surface area contributed by atoms with Crippen LogP contribution in [0.1, 0.15) is 270 Å². The van der Waals surface area contributed by atoms with Crippen LogP contribution >= 0.6 is 0 Å². The van der Waals surface area contributed by atoms with Crippen LogP contribution in [-0.2, 0) is 16.8 Å². The van der Waals surface area contributed by atoms with E-state index in [0.717, 1.165) is 103 Å². The fraction of sp³-hybridized carbons (Fsp3) is 0.494. The summed E-state index contributed by atoms with van der Waals surface area (Å²) in [5.74, 6) is 1.82. The summed E-state index contributed by atoms with van der Waals surface area (Å²) in [5, 5.41) is 0. The number of aromatic nitrogens is 1. The molecule has 0 saturated heterocycles. The van der Waals surface area contributed by atoms with Gasteiger partial charge in [0, 0.05) is 39.0 Å². The smallest absolute Gasteiger partial charge is 0.135 e. The second-order valence-electron chi connectivity index (χ2n) is 25.7. The molecule has 0 N–H and O–H groups in total. The predicted octanol–water partition coefficient (Wildman–Crippen LogP) is 26.9. The molecule has 0 aliphatic heterocycles. The van der Waals surface area contributed by atoms with Crippen LogP contribution in [0.25, 0.3) is 44.5 Å². The van der Waals surface area contributed by atoms with E-state index in [2.05, 4.69) is 191 Å². The van der Waals surface area contributed by atoms with Crippen molar-refractivity contribution < 1.29 is 26.3 Å². The van der Waals surface area contributed by atoms with Gasteiger partial charge in [0.1, 0.15) is 11.5 Å². The molecule has 1 radical (unpaired) electrons. The van der Waals surface area contributed by atoms with E-state index in [9.17, 15) is 0 Å². The second kappa shape index (κ2) is 46.1. The molecule has 91 heavy (non-hydrogen) atoms. The van der Waals surface area contributed by atoms with Gasteiger partial charge in [-0.25, -0.2) is 4.98 Å². The average Bonchev–Trinajstić information content (AvgIpc) is 0.963. The Morgan fingerprint density at radius 3 is 0.736 bits per heavy atom. The Bertz CT molecular complexity index is 2740. The van der Waals surface area contributed by atoms with Crippen LogP contribution in [0.5, 0.6) is 11.5 Å². The van der Waals surface area contributed by atoms with Crippen LogP contribution < -0.4 is 9.47 Å². The normalized spacial score (nSPS) is 11.7. The van der Waals surface area contributed by atoms with E-state index in [1.54, 1.807) is 0 Å². The molecule has 0 saturated carbocycles. The fourth-order valence-electron chi connectivity index (χ4n) is 12.7. The van der Waals surface area contributed by atoms with Crippen molar-refractivity contribution in [1.29, 1.82) is 0 Å². The first-order chi connectivity index (χ1) is 44.5. The molecule has 6 heteroatoms. The van der Waals surface area contributed by atoms with E-state index >= 15 is 0 Å². The van der Waals surface area contributed by atoms with E-state index in [1.165, 1.54) is 218 Å². The summed E-state index contributed by atoms with van der Waals surface area (Å²) < 4.78 is 13.8.